The van der Waals surface area contributed by atoms with Crippen molar-refractivity contribution in [3.8, 4) is 23.0 Å². The van der Waals surface area contributed by atoms with Crippen LogP contribution >= 0.6 is 0 Å². The first-order chi connectivity index (χ1) is 15.8. The molecule has 1 N–H and O–H groups in total. The number of hydrogen-bond donors (Lipinski definition) is 1. The molecular weight excluding hydrogens is 408 g/mol. The third-order valence-electron chi connectivity index (χ3n) is 4.95. The van der Waals surface area contributed by atoms with Crippen molar-refractivity contribution in [2.24, 2.45) is 5.16 Å². The molecule has 0 fully saturated rings. The van der Waals surface area contributed by atoms with E-state index in [0.29, 0.717) is 53.2 Å². The van der Waals surface area contributed by atoms with E-state index in [1.54, 1.807) is 36.9 Å². The minimum Gasteiger partial charge on any atom is -0.493 e. The summed E-state index contributed by atoms with van der Waals surface area (Å²) < 4.78 is 19.4. The first-order valence-corrected chi connectivity index (χ1v) is 10.1. The molecular formula is C24H20N4O4. The number of benzene rings is 1. The van der Waals surface area contributed by atoms with Gasteiger partial charge in [-0.15, -0.1) is 0 Å². The van der Waals surface area contributed by atoms with Crippen molar-refractivity contribution in [3.05, 3.63) is 84.9 Å². The van der Waals surface area contributed by atoms with Gasteiger partial charge in [0.1, 0.15) is 28.1 Å². The van der Waals surface area contributed by atoms with Gasteiger partial charge in [-0.1, -0.05) is 5.16 Å². The summed E-state index contributed by atoms with van der Waals surface area (Å²) in [7, 11) is 0. The van der Waals surface area contributed by atoms with Crippen molar-refractivity contribution in [1.82, 2.24) is 14.4 Å². The molecule has 5 aromatic rings. The number of nitrogens with zero attached hydrogens (tertiary/aromatic N) is 4. The Morgan fingerprint density at radius 1 is 1.00 bits per heavy atom. The molecule has 0 atom stereocenters. The average Bonchev–Trinajstić information content (AvgIpc) is 3.32. The van der Waals surface area contributed by atoms with E-state index in [0.717, 1.165) is 11.3 Å². The van der Waals surface area contributed by atoms with Gasteiger partial charge in [-0.2, -0.15) is 0 Å². The van der Waals surface area contributed by atoms with Crippen LogP contribution in [0.1, 0.15) is 6.42 Å². The summed E-state index contributed by atoms with van der Waals surface area (Å²) in [6, 6.07) is 16.6. The maximum atomic E-state index is 9.59. The van der Waals surface area contributed by atoms with E-state index in [4.69, 9.17) is 13.9 Å². The highest BCUT2D eigenvalue weighted by Crippen LogP contribution is 2.24. The molecule has 1 aromatic carbocycles. The van der Waals surface area contributed by atoms with Crippen molar-refractivity contribution in [3.63, 3.8) is 0 Å². The fourth-order valence-electron chi connectivity index (χ4n) is 3.39. The zero-order chi connectivity index (χ0) is 21.8. The molecule has 0 aliphatic heterocycles. The van der Waals surface area contributed by atoms with Crippen LogP contribution in [0.15, 0.2) is 89.1 Å². The summed E-state index contributed by atoms with van der Waals surface area (Å²) in [5.41, 5.74) is 2.21. The largest absolute Gasteiger partial charge is 0.493 e. The molecule has 0 unspecified atom stereocenters. The third-order valence-corrected chi connectivity index (χ3v) is 4.95. The van der Waals surface area contributed by atoms with Gasteiger partial charge in [0, 0.05) is 30.4 Å². The van der Waals surface area contributed by atoms with Gasteiger partial charge in [0.25, 0.3) is 0 Å². The van der Waals surface area contributed by atoms with Crippen molar-refractivity contribution in [2.75, 3.05) is 13.2 Å². The van der Waals surface area contributed by atoms with E-state index < -0.39 is 0 Å². The predicted molar refractivity (Wildman–Crippen MR) is 118 cm³/mol. The smallest absolute Gasteiger partial charge is 0.155 e. The monoisotopic (exact) mass is 428 g/mol. The first-order valence-electron chi connectivity index (χ1n) is 10.1. The SMILES string of the molecule is O/N=c1\cc(-c2cc3cccn3cn2)oc2ccc(OCCCOc3cccnc3)cc12. The Morgan fingerprint density at radius 3 is 2.75 bits per heavy atom. The molecule has 0 amide bonds. The van der Waals surface area contributed by atoms with Crippen LogP contribution in [-0.2, 0) is 0 Å². The Kier molecular flexibility index (Phi) is 5.40. The highest BCUT2D eigenvalue weighted by atomic mass is 16.5. The Hall–Kier alpha value is -4.33. The van der Waals surface area contributed by atoms with Crippen molar-refractivity contribution in [2.45, 2.75) is 6.42 Å². The van der Waals surface area contributed by atoms with Gasteiger partial charge < -0.3 is 23.5 Å². The lowest BCUT2D eigenvalue weighted by molar-refractivity contribution is 0.247. The summed E-state index contributed by atoms with van der Waals surface area (Å²) in [6.07, 6.45) is 7.73. The molecule has 0 saturated carbocycles. The molecule has 5 rings (SSSR count). The normalized spacial score (nSPS) is 11.8. The highest BCUT2D eigenvalue weighted by Gasteiger charge is 2.10. The Labute approximate surface area is 183 Å². The molecule has 8 heteroatoms. The van der Waals surface area contributed by atoms with E-state index in [-0.39, 0.29) is 0 Å². The standard InChI is InChI=1S/C24H20N4O4/c29-27-21-14-24(22-12-17-4-2-9-28(17)16-26-22)32-23-7-6-18(13-20(21)23)30-10-3-11-31-19-5-1-8-25-15-19/h1-2,4-9,12-16,29H,3,10-11H2/b27-21+. The van der Waals surface area contributed by atoms with Gasteiger partial charge in [0.2, 0.25) is 0 Å². The maximum absolute atomic E-state index is 9.59. The zero-order valence-electron chi connectivity index (χ0n) is 17.1. The third kappa shape index (κ3) is 4.11. The molecule has 4 heterocycles. The van der Waals surface area contributed by atoms with Gasteiger partial charge in [-0.3, -0.25) is 4.98 Å². The molecule has 160 valence electrons. The molecule has 8 nitrogen and oxygen atoms in total. The van der Waals surface area contributed by atoms with E-state index >= 15 is 0 Å². The summed E-state index contributed by atoms with van der Waals surface area (Å²) >= 11 is 0. The van der Waals surface area contributed by atoms with E-state index in [1.807, 2.05) is 47.0 Å². The lowest BCUT2D eigenvalue weighted by Gasteiger charge is -2.09. The second kappa shape index (κ2) is 8.81. The van der Waals surface area contributed by atoms with E-state index in [1.165, 1.54) is 0 Å². The highest BCUT2D eigenvalue weighted by molar-refractivity contribution is 5.80. The Bertz CT molecular complexity index is 1430. The van der Waals surface area contributed by atoms with Gasteiger partial charge in [0.05, 0.1) is 31.1 Å². The summed E-state index contributed by atoms with van der Waals surface area (Å²) in [5.74, 6) is 1.89. The molecule has 0 saturated heterocycles. The molecule has 4 aromatic heterocycles. The van der Waals surface area contributed by atoms with Crippen LogP contribution in [0.25, 0.3) is 27.9 Å². The van der Waals surface area contributed by atoms with Crippen LogP contribution in [0, 0.1) is 0 Å². The topological polar surface area (TPSA) is 94.4 Å². The van der Waals surface area contributed by atoms with Gasteiger partial charge in [-0.25, -0.2) is 4.98 Å². The molecule has 0 aliphatic rings. The van der Waals surface area contributed by atoms with E-state index in [9.17, 15) is 5.21 Å². The first kappa shape index (κ1) is 19.6. The minimum absolute atomic E-state index is 0.378. The van der Waals surface area contributed by atoms with Crippen LogP contribution in [0.4, 0.5) is 0 Å². The maximum Gasteiger partial charge on any atom is 0.155 e. The van der Waals surface area contributed by atoms with Crippen LogP contribution in [0.2, 0.25) is 0 Å². The van der Waals surface area contributed by atoms with Crippen molar-refractivity contribution >= 4 is 16.5 Å². The van der Waals surface area contributed by atoms with Gasteiger partial charge >= 0.3 is 0 Å². The number of aromatic nitrogens is 3. The number of fused-ring (bicyclic) bond motifs is 2. The Balaban J connectivity index is 1.32. The minimum atomic E-state index is 0.378. The molecule has 0 aliphatic carbocycles. The average molecular weight is 428 g/mol. The Morgan fingerprint density at radius 2 is 1.91 bits per heavy atom. The number of pyridine rings is 1. The number of rotatable bonds is 7. The molecule has 0 spiro atoms. The lowest BCUT2D eigenvalue weighted by atomic mass is 10.2. The number of ether oxygens (including phenoxy) is 2. The second-order valence-corrected chi connectivity index (χ2v) is 7.11. The van der Waals surface area contributed by atoms with Crippen molar-refractivity contribution < 1.29 is 19.1 Å². The van der Waals surface area contributed by atoms with Crippen molar-refractivity contribution in [1.29, 1.82) is 0 Å². The molecule has 32 heavy (non-hydrogen) atoms. The quantitative estimate of drug-likeness (QED) is 0.236. The van der Waals surface area contributed by atoms with Crippen LogP contribution in [0.5, 0.6) is 11.5 Å². The fourth-order valence-corrected chi connectivity index (χ4v) is 3.39. The predicted octanol–water partition coefficient (Wildman–Crippen LogP) is 4.28. The van der Waals surface area contributed by atoms with Crippen LogP contribution in [-0.4, -0.2) is 32.8 Å². The zero-order valence-corrected chi connectivity index (χ0v) is 17.1. The lowest BCUT2D eigenvalue weighted by Crippen LogP contribution is -2.07. The second-order valence-electron chi connectivity index (χ2n) is 7.11. The van der Waals surface area contributed by atoms with E-state index in [2.05, 4.69) is 15.1 Å². The van der Waals surface area contributed by atoms with Gasteiger partial charge in [0.15, 0.2) is 5.76 Å². The molecule has 0 bridgehead atoms. The molecule has 0 radical (unpaired) electrons. The van der Waals surface area contributed by atoms with Crippen LogP contribution < -0.4 is 14.8 Å². The fraction of sp³-hybridized carbons (Fsp3) is 0.125. The van der Waals surface area contributed by atoms with Crippen LogP contribution in [0.3, 0.4) is 0 Å². The summed E-state index contributed by atoms with van der Waals surface area (Å²) in [6.45, 7) is 1.00. The number of hydrogen-bond acceptors (Lipinski definition) is 7. The van der Waals surface area contributed by atoms with Gasteiger partial charge in [-0.05, 0) is 48.5 Å². The summed E-state index contributed by atoms with van der Waals surface area (Å²) in [5, 5.41) is 14.1. The summed E-state index contributed by atoms with van der Waals surface area (Å²) in [4.78, 5) is 8.45.